The fourth-order valence-corrected chi connectivity index (χ4v) is 6.06. The van der Waals surface area contributed by atoms with E-state index in [1.165, 1.54) is 0 Å². The maximum atomic E-state index is 13.9. The summed E-state index contributed by atoms with van der Waals surface area (Å²) in [6.45, 7) is 5.47. The van der Waals surface area contributed by atoms with Gasteiger partial charge in [0.15, 0.2) is 0 Å². The minimum Gasteiger partial charge on any atom is -0.339 e. The molecule has 1 aliphatic heterocycles. The average Bonchev–Trinajstić information content (AvgIpc) is 3.41. The van der Waals surface area contributed by atoms with Crippen molar-refractivity contribution in [3.63, 3.8) is 0 Å². The van der Waals surface area contributed by atoms with Crippen molar-refractivity contribution in [2.75, 3.05) is 32.5 Å². The van der Waals surface area contributed by atoms with Crippen molar-refractivity contribution in [1.29, 1.82) is 0 Å². The van der Waals surface area contributed by atoms with Gasteiger partial charge in [-0.05, 0) is 82.3 Å². The molecule has 1 saturated heterocycles. The van der Waals surface area contributed by atoms with Gasteiger partial charge in [0.2, 0.25) is 5.95 Å². The molecule has 2 aromatic rings. The molecule has 0 spiro atoms. The van der Waals surface area contributed by atoms with Crippen molar-refractivity contribution in [1.82, 2.24) is 19.8 Å². The number of benzene rings is 1. The Balaban J connectivity index is 0.00000484. The maximum absolute atomic E-state index is 13.9. The molecule has 1 amide bonds. The predicted octanol–water partition coefficient (Wildman–Crippen LogP) is 7.01. The summed E-state index contributed by atoms with van der Waals surface area (Å²) in [6, 6.07) is 7.31. The first-order chi connectivity index (χ1) is 19.5. The monoisotopic (exact) mass is 589 g/mol. The number of anilines is 2. The molecule has 10 heteroatoms. The molecule has 2 fully saturated rings. The SMILES string of the molecule is C.CC[C@@H](C)CC(=O)[C@H]1CCC[C@H]1Cc1nc(Nc2ccc(C(=O)N3CCC(N(C)C)CC3)cc2)ncc1C(F)(F)F. The molecule has 2 aliphatic rings. The van der Waals surface area contributed by atoms with E-state index in [1.54, 1.807) is 24.3 Å². The van der Waals surface area contributed by atoms with Gasteiger partial charge in [0.1, 0.15) is 5.78 Å². The number of carbonyl (C=O) groups is 2. The van der Waals surface area contributed by atoms with E-state index in [2.05, 4.69) is 34.3 Å². The fraction of sp³-hybridized carbons (Fsp3) is 0.625. The van der Waals surface area contributed by atoms with Crippen LogP contribution >= 0.6 is 0 Å². The highest BCUT2D eigenvalue weighted by atomic mass is 19.4. The predicted molar refractivity (Wildman–Crippen MR) is 160 cm³/mol. The summed E-state index contributed by atoms with van der Waals surface area (Å²) in [5.74, 6) is 0.0497. The van der Waals surface area contributed by atoms with Crippen LogP contribution in [0.1, 0.15) is 87.8 Å². The zero-order valence-corrected chi connectivity index (χ0v) is 24.5. The van der Waals surface area contributed by atoms with Gasteiger partial charge in [-0.3, -0.25) is 9.59 Å². The van der Waals surface area contributed by atoms with Crippen LogP contribution in [0.25, 0.3) is 0 Å². The Morgan fingerprint density at radius 2 is 1.76 bits per heavy atom. The number of likely N-dealkylation sites (tertiary alicyclic amines) is 1. The summed E-state index contributed by atoms with van der Waals surface area (Å²) in [7, 11) is 4.11. The standard InChI is InChI=1S/C31H42F3N5O2.CH4/c1-5-20(2)17-28(40)25-8-6-7-22(25)18-27-26(31(32,33)34)19-35-30(37-27)36-23-11-9-21(10-12-23)29(41)39-15-13-24(14-16-39)38(3)4;/h9-12,19-20,22,24-25H,5-8,13-18H2,1-4H3,(H,35,36,37);1H4/t20-,22+,25+;/m1./s1. The molecule has 4 rings (SSSR count). The highest BCUT2D eigenvalue weighted by molar-refractivity contribution is 5.94. The Morgan fingerprint density at radius 3 is 2.36 bits per heavy atom. The van der Waals surface area contributed by atoms with Crippen LogP contribution in [0.4, 0.5) is 24.8 Å². The van der Waals surface area contributed by atoms with Gasteiger partial charge >= 0.3 is 6.18 Å². The van der Waals surface area contributed by atoms with Crippen molar-refractivity contribution in [3.05, 3.63) is 47.3 Å². The van der Waals surface area contributed by atoms with E-state index in [4.69, 9.17) is 0 Å². The minimum absolute atomic E-state index is 0. The van der Waals surface area contributed by atoms with E-state index in [1.807, 2.05) is 18.7 Å². The van der Waals surface area contributed by atoms with Crippen LogP contribution in [0.15, 0.2) is 30.5 Å². The third kappa shape index (κ3) is 8.30. The summed E-state index contributed by atoms with van der Waals surface area (Å²) in [5, 5.41) is 2.99. The fourth-order valence-electron chi connectivity index (χ4n) is 6.06. The number of amides is 1. The molecule has 7 nitrogen and oxygen atoms in total. The maximum Gasteiger partial charge on any atom is 0.419 e. The molecular weight excluding hydrogens is 543 g/mol. The van der Waals surface area contributed by atoms with Crippen molar-refractivity contribution < 1.29 is 22.8 Å². The zero-order valence-electron chi connectivity index (χ0n) is 24.5. The van der Waals surface area contributed by atoms with Crippen LogP contribution in [0.2, 0.25) is 0 Å². The molecule has 1 aliphatic carbocycles. The number of aromatic nitrogens is 2. The molecule has 1 aromatic carbocycles. The Morgan fingerprint density at radius 1 is 1.10 bits per heavy atom. The first kappa shape index (κ1) is 33.5. The summed E-state index contributed by atoms with van der Waals surface area (Å²) >= 11 is 0. The number of alkyl halides is 3. The van der Waals surface area contributed by atoms with E-state index in [0.29, 0.717) is 43.2 Å². The molecule has 1 saturated carbocycles. The largest absolute Gasteiger partial charge is 0.419 e. The lowest BCUT2D eigenvalue weighted by Gasteiger charge is -2.35. The third-order valence-electron chi connectivity index (χ3n) is 8.82. The number of carbonyl (C=O) groups excluding carboxylic acids is 2. The summed E-state index contributed by atoms with van der Waals surface area (Å²) in [4.78, 5) is 38.2. The van der Waals surface area contributed by atoms with Gasteiger partial charge in [-0.2, -0.15) is 13.2 Å². The first-order valence-corrected chi connectivity index (χ1v) is 14.7. The van der Waals surface area contributed by atoms with Gasteiger partial charge in [-0.15, -0.1) is 0 Å². The van der Waals surface area contributed by atoms with Crippen molar-refractivity contribution in [3.8, 4) is 0 Å². The zero-order chi connectivity index (χ0) is 29.7. The van der Waals surface area contributed by atoms with Crippen LogP contribution in [0.3, 0.4) is 0 Å². The average molecular weight is 590 g/mol. The number of piperidine rings is 1. The van der Waals surface area contributed by atoms with Gasteiger partial charge in [0, 0.05) is 48.9 Å². The van der Waals surface area contributed by atoms with Gasteiger partial charge in [-0.1, -0.05) is 34.1 Å². The lowest BCUT2D eigenvalue weighted by molar-refractivity contribution is -0.138. The molecule has 0 radical (unpaired) electrons. The number of ketones is 1. The molecule has 42 heavy (non-hydrogen) atoms. The number of hydrogen-bond donors (Lipinski definition) is 1. The molecule has 2 heterocycles. The Bertz CT molecular complexity index is 1190. The number of halogens is 3. The molecule has 1 N–H and O–H groups in total. The van der Waals surface area contributed by atoms with Gasteiger partial charge in [-0.25, -0.2) is 9.97 Å². The van der Waals surface area contributed by atoms with Gasteiger partial charge in [0.05, 0.1) is 11.3 Å². The molecule has 1 aromatic heterocycles. The molecular formula is C32H46F3N5O2. The normalized spacial score (nSPS) is 20.3. The second-order valence-corrected chi connectivity index (χ2v) is 11.9. The Kier molecular flexibility index (Phi) is 11.5. The lowest BCUT2D eigenvalue weighted by atomic mass is 9.84. The minimum atomic E-state index is -4.59. The van der Waals surface area contributed by atoms with Crippen molar-refractivity contribution in [2.45, 2.75) is 84.9 Å². The number of nitrogens with zero attached hydrogens (tertiary/aromatic N) is 4. The van der Waals surface area contributed by atoms with Crippen LogP contribution in [0.5, 0.6) is 0 Å². The van der Waals surface area contributed by atoms with Gasteiger partial charge in [0.25, 0.3) is 5.91 Å². The van der Waals surface area contributed by atoms with Crippen molar-refractivity contribution in [2.24, 2.45) is 17.8 Å². The van der Waals surface area contributed by atoms with Crippen molar-refractivity contribution >= 4 is 23.3 Å². The van der Waals surface area contributed by atoms with E-state index in [0.717, 1.165) is 38.3 Å². The molecule has 232 valence electrons. The first-order valence-electron chi connectivity index (χ1n) is 14.7. The number of rotatable bonds is 10. The molecule has 3 atom stereocenters. The number of Topliss-reactive ketones (excluding diaryl/α,β-unsaturated/α-hetero) is 1. The van der Waals surface area contributed by atoms with Gasteiger partial charge < -0.3 is 15.1 Å². The van der Waals surface area contributed by atoms with E-state index < -0.39 is 11.7 Å². The highest BCUT2D eigenvalue weighted by Crippen LogP contribution is 2.39. The Hall–Kier alpha value is -3.01. The third-order valence-corrected chi connectivity index (χ3v) is 8.82. The summed E-state index contributed by atoms with van der Waals surface area (Å²) in [6.07, 6.45) is 1.80. The number of hydrogen-bond acceptors (Lipinski definition) is 6. The summed E-state index contributed by atoms with van der Waals surface area (Å²) in [5.41, 5.74) is 0.182. The number of nitrogens with one attached hydrogen (secondary N) is 1. The van der Waals surface area contributed by atoms with E-state index in [-0.39, 0.29) is 54.9 Å². The Labute approximate surface area is 248 Å². The topological polar surface area (TPSA) is 78.4 Å². The van der Waals surface area contributed by atoms with Crippen LogP contribution in [-0.2, 0) is 17.4 Å². The smallest absolute Gasteiger partial charge is 0.339 e. The second kappa shape index (κ2) is 14.4. The van der Waals surface area contributed by atoms with E-state index in [9.17, 15) is 22.8 Å². The van der Waals surface area contributed by atoms with Crippen LogP contribution < -0.4 is 5.32 Å². The molecule has 0 unspecified atom stereocenters. The van der Waals surface area contributed by atoms with Crippen LogP contribution in [0, 0.1) is 17.8 Å². The quantitative estimate of drug-likeness (QED) is 0.321. The van der Waals surface area contributed by atoms with E-state index >= 15 is 0 Å². The lowest BCUT2D eigenvalue weighted by Crippen LogP contribution is -2.44. The van der Waals surface area contributed by atoms with Crippen LogP contribution in [-0.4, -0.2) is 64.7 Å². The molecule has 0 bridgehead atoms. The highest BCUT2D eigenvalue weighted by Gasteiger charge is 2.39. The summed E-state index contributed by atoms with van der Waals surface area (Å²) < 4.78 is 41.6. The second-order valence-electron chi connectivity index (χ2n) is 11.9.